The predicted octanol–water partition coefficient (Wildman–Crippen LogP) is 5.12. The number of sulfone groups is 1. The highest BCUT2D eigenvalue weighted by Gasteiger charge is 2.29. The molecule has 1 aliphatic rings. The molecule has 1 unspecified atom stereocenters. The highest BCUT2D eigenvalue weighted by Crippen LogP contribution is 2.34. The van der Waals surface area contributed by atoms with Crippen LogP contribution in [0.2, 0.25) is 0 Å². The normalized spacial score (nSPS) is 18.1. The first-order chi connectivity index (χ1) is 14.5. The number of carbonyl (C=O) groups is 1. The molecule has 2 heterocycles. The smallest absolute Gasteiger partial charge is 0.256 e. The van der Waals surface area contributed by atoms with Gasteiger partial charge in [-0.15, -0.1) is 11.8 Å². The molecule has 3 aromatic carbocycles. The van der Waals surface area contributed by atoms with Crippen LogP contribution in [0, 0.1) is 0 Å². The molecule has 0 saturated carbocycles. The Balaban J connectivity index is 1.41. The molecule has 5 rings (SSSR count). The Labute approximate surface area is 178 Å². The number of hydrogen-bond donors (Lipinski definition) is 1. The lowest BCUT2D eigenvalue weighted by molar-refractivity contribution is 0.102. The first-order valence-corrected chi connectivity index (χ1v) is 12.4. The first-order valence-electron chi connectivity index (χ1n) is 9.67. The Morgan fingerprint density at radius 1 is 0.967 bits per heavy atom. The quantitative estimate of drug-likeness (QED) is 0.480. The van der Waals surface area contributed by atoms with Crippen molar-refractivity contribution >= 4 is 55.1 Å². The van der Waals surface area contributed by atoms with E-state index >= 15 is 0 Å². The van der Waals surface area contributed by atoms with Gasteiger partial charge in [-0.1, -0.05) is 30.3 Å². The number of anilines is 1. The van der Waals surface area contributed by atoms with E-state index in [4.69, 9.17) is 4.42 Å². The largest absolute Gasteiger partial charge is 0.456 e. The van der Waals surface area contributed by atoms with Gasteiger partial charge < -0.3 is 9.73 Å². The Bertz CT molecular complexity index is 1370. The van der Waals surface area contributed by atoms with Crippen molar-refractivity contribution in [2.75, 3.05) is 16.8 Å². The maximum Gasteiger partial charge on any atom is 0.256 e. The minimum Gasteiger partial charge on any atom is -0.456 e. The van der Waals surface area contributed by atoms with Gasteiger partial charge in [0.15, 0.2) is 9.84 Å². The molecule has 7 heteroatoms. The molecule has 152 valence electrons. The number of furan rings is 1. The topological polar surface area (TPSA) is 76.4 Å². The molecule has 30 heavy (non-hydrogen) atoms. The number of benzene rings is 3. The van der Waals surface area contributed by atoms with Crippen LogP contribution in [0.25, 0.3) is 21.9 Å². The SMILES string of the molecule is O=C(Nc1ccc2oc3ccccc3c2c1)c1ccccc1SC1CCS(=O)(=O)C1. The molecule has 0 aliphatic carbocycles. The van der Waals surface area contributed by atoms with E-state index in [-0.39, 0.29) is 22.7 Å². The minimum absolute atomic E-state index is 0.0161. The average molecular weight is 438 g/mol. The van der Waals surface area contributed by atoms with Crippen molar-refractivity contribution in [3.05, 3.63) is 72.3 Å². The highest BCUT2D eigenvalue weighted by atomic mass is 32.2. The lowest BCUT2D eigenvalue weighted by Gasteiger charge is -2.13. The second kappa shape index (κ2) is 7.49. The molecule has 1 fully saturated rings. The maximum absolute atomic E-state index is 13.0. The number of fused-ring (bicyclic) bond motifs is 3. The van der Waals surface area contributed by atoms with Crippen molar-refractivity contribution in [2.24, 2.45) is 0 Å². The summed E-state index contributed by atoms with van der Waals surface area (Å²) in [6.45, 7) is 0. The number of para-hydroxylation sites is 1. The standard InChI is InChI=1S/C23H19NO4S2/c25-23(18-6-2-4-8-22(18)29-16-11-12-30(26,27)14-16)24-15-9-10-21-19(13-15)17-5-1-3-7-20(17)28-21/h1-10,13,16H,11-12,14H2,(H,24,25). The molecule has 0 radical (unpaired) electrons. The highest BCUT2D eigenvalue weighted by molar-refractivity contribution is 8.02. The van der Waals surface area contributed by atoms with Crippen molar-refractivity contribution in [1.82, 2.24) is 0 Å². The summed E-state index contributed by atoms with van der Waals surface area (Å²) in [5.74, 6) is 0.168. The summed E-state index contributed by atoms with van der Waals surface area (Å²) in [5, 5.41) is 4.91. The number of amides is 1. The molecule has 0 bridgehead atoms. The van der Waals surface area contributed by atoms with Crippen molar-refractivity contribution in [3.8, 4) is 0 Å². The van der Waals surface area contributed by atoms with Gasteiger partial charge in [0.25, 0.3) is 5.91 Å². The molecule has 1 saturated heterocycles. The van der Waals surface area contributed by atoms with Crippen molar-refractivity contribution in [1.29, 1.82) is 0 Å². The van der Waals surface area contributed by atoms with Crippen LogP contribution >= 0.6 is 11.8 Å². The van der Waals surface area contributed by atoms with Crippen molar-refractivity contribution in [2.45, 2.75) is 16.6 Å². The number of carbonyl (C=O) groups excluding carboxylic acids is 1. The number of rotatable bonds is 4. The minimum atomic E-state index is -2.96. The Morgan fingerprint density at radius 2 is 1.73 bits per heavy atom. The lowest BCUT2D eigenvalue weighted by atomic mass is 10.1. The van der Waals surface area contributed by atoms with Gasteiger partial charge in [-0.05, 0) is 42.8 Å². The summed E-state index contributed by atoms with van der Waals surface area (Å²) in [6.07, 6.45) is 0.618. The number of hydrogen-bond acceptors (Lipinski definition) is 5. The summed E-state index contributed by atoms with van der Waals surface area (Å²) in [4.78, 5) is 13.8. The molecule has 1 aliphatic heterocycles. The monoisotopic (exact) mass is 437 g/mol. The van der Waals surface area contributed by atoms with E-state index in [0.29, 0.717) is 17.7 Å². The van der Waals surface area contributed by atoms with Crippen molar-refractivity contribution in [3.63, 3.8) is 0 Å². The number of thioether (sulfide) groups is 1. The predicted molar refractivity (Wildman–Crippen MR) is 121 cm³/mol. The molecule has 4 aromatic rings. The van der Waals surface area contributed by atoms with Gasteiger partial charge in [-0.3, -0.25) is 4.79 Å². The van der Waals surface area contributed by atoms with Gasteiger partial charge in [0, 0.05) is 26.6 Å². The van der Waals surface area contributed by atoms with Crippen LogP contribution in [0.1, 0.15) is 16.8 Å². The average Bonchev–Trinajstić information content (AvgIpc) is 3.27. The van der Waals surface area contributed by atoms with Crippen LogP contribution in [-0.4, -0.2) is 31.1 Å². The Kier molecular flexibility index (Phi) is 4.79. The summed E-state index contributed by atoms with van der Waals surface area (Å²) < 4.78 is 29.4. The van der Waals surface area contributed by atoms with E-state index in [2.05, 4.69) is 5.32 Å². The molecule has 5 nitrogen and oxygen atoms in total. The van der Waals surface area contributed by atoms with Gasteiger partial charge in [-0.25, -0.2) is 8.42 Å². The molecule has 0 spiro atoms. The fraction of sp³-hybridized carbons (Fsp3) is 0.174. The Morgan fingerprint density at radius 3 is 2.57 bits per heavy atom. The van der Waals surface area contributed by atoms with Crippen LogP contribution in [0.3, 0.4) is 0 Å². The van der Waals surface area contributed by atoms with Crippen LogP contribution in [0.5, 0.6) is 0 Å². The van der Waals surface area contributed by atoms with Crippen LogP contribution in [0.15, 0.2) is 76.0 Å². The van der Waals surface area contributed by atoms with Gasteiger partial charge in [-0.2, -0.15) is 0 Å². The van der Waals surface area contributed by atoms with Crippen LogP contribution in [-0.2, 0) is 9.84 Å². The molecule has 1 amide bonds. The molecular weight excluding hydrogens is 418 g/mol. The van der Waals surface area contributed by atoms with E-state index in [1.807, 2.05) is 60.7 Å². The van der Waals surface area contributed by atoms with Crippen LogP contribution < -0.4 is 5.32 Å². The second-order valence-corrected chi connectivity index (χ2v) is 11.0. The first kappa shape index (κ1) is 19.2. The summed E-state index contributed by atoms with van der Waals surface area (Å²) >= 11 is 1.47. The van der Waals surface area contributed by atoms with E-state index in [9.17, 15) is 13.2 Å². The zero-order chi connectivity index (χ0) is 20.7. The fourth-order valence-electron chi connectivity index (χ4n) is 3.79. The van der Waals surface area contributed by atoms with E-state index in [0.717, 1.165) is 26.8 Å². The van der Waals surface area contributed by atoms with Gasteiger partial charge in [0.05, 0.1) is 17.1 Å². The van der Waals surface area contributed by atoms with E-state index in [1.165, 1.54) is 11.8 Å². The molecular formula is C23H19NO4S2. The second-order valence-electron chi connectivity index (χ2n) is 7.40. The fourth-order valence-corrected chi connectivity index (χ4v) is 7.42. The number of nitrogens with one attached hydrogen (secondary N) is 1. The zero-order valence-corrected chi connectivity index (χ0v) is 17.6. The van der Waals surface area contributed by atoms with E-state index in [1.54, 1.807) is 6.07 Å². The van der Waals surface area contributed by atoms with E-state index < -0.39 is 9.84 Å². The zero-order valence-electron chi connectivity index (χ0n) is 16.0. The van der Waals surface area contributed by atoms with Gasteiger partial charge in [0.2, 0.25) is 0 Å². The maximum atomic E-state index is 13.0. The van der Waals surface area contributed by atoms with Gasteiger partial charge in [0.1, 0.15) is 11.2 Å². The third kappa shape index (κ3) is 3.70. The van der Waals surface area contributed by atoms with Gasteiger partial charge >= 0.3 is 0 Å². The molecule has 1 atom stereocenters. The third-order valence-electron chi connectivity index (χ3n) is 5.25. The Hall–Kier alpha value is -2.77. The summed E-state index contributed by atoms with van der Waals surface area (Å²) in [5.41, 5.74) is 2.81. The summed E-state index contributed by atoms with van der Waals surface area (Å²) in [7, 11) is -2.96. The third-order valence-corrected chi connectivity index (χ3v) is 8.58. The molecule has 1 N–H and O–H groups in total. The summed E-state index contributed by atoms with van der Waals surface area (Å²) in [6, 6.07) is 20.7. The lowest BCUT2D eigenvalue weighted by Crippen LogP contribution is -2.14. The molecule has 1 aromatic heterocycles. The van der Waals surface area contributed by atoms with Crippen LogP contribution in [0.4, 0.5) is 5.69 Å². The van der Waals surface area contributed by atoms with Crippen molar-refractivity contribution < 1.29 is 17.6 Å².